The minimum absolute atomic E-state index is 0.174. The van der Waals surface area contributed by atoms with Crippen molar-refractivity contribution in [3.63, 3.8) is 0 Å². The van der Waals surface area contributed by atoms with Gasteiger partial charge >= 0.3 is 11.9 Å². The molecule has 2 aliphatic rings. The van der Waals surface area contributed by atoms with E-state index >= 15 is 0 Å². The van der Waals surface area contributed by atoms with Crippen LogP contribution in [0.3, 0.4) is 0 Å². The third-order valence-corrected chi connectivity index (χ3v) is 14.6. The zero-order chi connectivity index (χ0) is 52.4. The molecule has 0 spiro atoms. The van der Waals surface area contributed by atoms with Crippen molar-refractivity contribution in [1.82, 2.24) is 0 Å². The van der Waals surface area contributed by atoms with E-state index in [1.807, 2.05) is 0 Å². The van der Waals surface area contributed by atoms with Crippen molar-refractivity contribution < 1.29 is 73.8 Å². The van der Waals surface area contributed by atoms with Crippen LogP contribution in [-0.2, 0) is 38.0 Å². The van der Waals surface area contributed by atoms with E-state index in [0.717, 1.165) is 38.5 Å². The second kappa shape index (κ2) is 44.6. The fourth-order valence-electron chi connectivity index (χ4n) is 9.75. The standard InChI is InChI=1S/C57H108O15/c1-3-5-7-9-11-13-15-17-18-19-20-21-22-23-24-25-26-28-30-32-34-36-38-40-49(60)70-45(42-67-48(59)39-37-35-33-31-29-27-16-14-12-10-8-6-4-2)43-68-56-55(66)53(64)51(62)47(72-56)44-69-57-54(65)52(63)50(61)46(41-58)71-57/h45-47,50-58,61-66H,3-44H2,1-2H3. The molecule has 15 heteroatoms. The Balaban J connectivity index is 1.71. The summed E-state index contributed by atoms with van der Waals surface area (Å²) in [5.74, 6) is -0.905. The largest absolute Gasteiger partial charge is 0.462 e. The van der Waals surface area contributed by atoms with Gasteiger partial charge < -0.3 is 64.2 Å². The first-order valence-corrected chi connectivity index (χ1v) is 29.6. The zero-order valence-corrected chi connectivity index (χ0v) is 45.4. The van der Waals surface area contributed by atoms with E-state index in [9.17, 15) is 45.3 Å². The van der Waals surface area contributed by atoms with Gasteiger partial charge in [-0.1, -0.05) is 232 Å². The molecule has 7 N–H and O–H groups in total. The molecule has 0 aromatic rings. The van der Waals surface area contributed by atoms with Crippen molar-refractivity contribution in [3.05, 3.63) is 0 Å². The molecule has 11 unspecified atom stereocenters. The van der Waals surface area contributed by atoms with Crippen molar-refractivity contribution in [2.75, 3.05) is 26.4 Å². The molecule has 0 aromatic carbocycles. The lowest BCUT2D eigenvalue weighted by molar-refractivity contribution is -0.332. The van der Waals surface area contributed by atoms with E-state index in [0.29, 0.717) is 12.8 Å². The summed E-state index contributed by atoms with van der Waals surface area (Å²) in [5, 5.41) is 72.2. The minimum atomic E-state index is -1.76. The maximum Gasteiger partial charge on any atom is 0.306 e. The molecule has 72 heavy (non-hydrogen) atoms. The molecular weight excluding hydrogens is 925 g/mol. The number of rotatable bonds is 48. The lowest BCUT2D eigenvalue weighted by atomic mass is 9.98. The molecule has 0 amide bonds. The van der Waals surface area contributed by atoms with Crippen LogP contribution in [0.2, 0.25) is 0 Å². The Morgan fingerprint density at radius 3 is 1.08 bits per heavy atom. The van der Waals surface area contributed by atoms with E-state index in [-0.39, 0.29) is 26.1 Å². The smallest absolute Gasteiger partial charge is 0.306 e. The Morgan fingerprint density at radius 1 is 0.389 bits per heavy atom. The first-order chi connectivity index (χ1) is 35.0. The third-order valence-electron chi connectivity index (χ3n) is 14.6. The molecule has 15 nitrogen and oxygen atoms in total. The van der Waals surface area contributed by atoms with Crippen molar-refractivity contribution in [1.29, 1.82) is 0 Å². The normalized spacial score (nSPS) is 24.9. The molecule has 0 aliphatic carbocycles. The van der Waals surface area contributed by atoms with Crippen LogP contribution in [0.15, 0.2) is 0 Å². The van der Waals surface area contributed by atoms with Crippen molar-refractivity contribution >= 4 is 11.9 Å². The van der Waals surface area contributed by atoms with Gasteiger partial charge in [0.05, 0.1) is 19.8 Å². The average molecular weight is 1030 g/mol. The van der Waals surface area contributed by atoms with Crippen LogP contribution in [0.5, 0.6) is 0 Å². The number of hydrogen-bond donors (Lipinski definition) is 7. The molecule has 0 aromatic heterocycles. The number of ether oxygens (including phenoxy) is 6. The highest BCUT2D eigenvalue weighted by Crippen LogP contribution is 2.27. The molecule has 2 aliphatic heterocycles. The van der Waals surface area contributed by atoms with Gasteiger partial charge in [0.1, 0.15) is 55.4 Å². The average Bonchev–Trinajstić information content (AvgIpc) is 3.37. The van der Waals surface area contributed by atoms with Gasteiger partial charge in [0.25, 0.3) is 0 Å². The number of carbonyl (C=O) groups is 2. The van der Waals surface area contributed by atoms with Gasteiger partial charge in [-0.05, 0) is 12.8 Å². The summed E-state index contributed by atoms with van der Waals surface area (Å²) in [5.41, 5.74) is 0. The summed E-state index contributed by atoms with van der Waals surface area (Å²) < 4.78 is 33.7. The molecule has 426 valence electrons. The summed E-state index contributed by atoms with van der Waals surface area (Å²) in [4.78, 5) is 25.9. The Morgan fingerprint density at radius 2 is 0.708 bits per heavy atom. The Labute approximate surface area is 436 Å². The summed E-state index contributed by atoms with van der Waals surface area (Å²) >= 11 is 0. The van der Waals surface area contributed by atoms with Gasteiger partial charge in [-0.15, -0.1) is 0 Å². The first kappa shape index (κ1) is 66.6. The number of unbranched alkanes of at least 4 members (excludes halogenated alkanes) is 34. The molecule has 2 heterocycles. The highest BCUT2D eigenvalue weighted by atomic mass is 16.7. The second-order valence-corrected chi connectivity index (χ2v) is 21.2. The summed E-state index contributed by atoms with van der Waals surface area (Å²) in [6, 6.07) is 0. The Bertz CT molecular complexity index is 1260. The fraction of sp³-hybridized carbons (Fsp3) is 0.965. The second-order valence-electron chi connectivity index (χ2n) is 21.2. The van der Waals surface area contributed by atoms with Crippen molar-refractivity contribution in [3.8, 4) is 0 Å². The lowest BCUT2D eigenvalue weighted by Gasteiger charge is -2.42. The number of carbonyl (C=O) groups excluding carboxylic acids is 2. The molecule has 0 saturated carbocycles. The molecule has 2 fully saturated rings. The fourth-order valence-corrected chi connectivity index (χ4v) is 9.75. The van der Waals surface area contributed by atoms with Gasteiger partial charge in [-0.2, -0.15) is 0 Å². The van der Waals surface area contributed by atoms with Crippen LogP contribution in [0, 0.1) is 0 Å². The minimum Gasteiger partial charge on any atom is -0.462 e. The van der Waals surface area contributed by atoms with Gasteiger partial charge in [-0.3, -0.25) is 9.59 Å². The SMILES string of the molecule is CCCCCCCCCCCCCCCCCCCCCCCCCC(=O)OC(COC(=O)CCCCCCCCCCCCCCC)COC1OC(COC2OC(CO)C(O)C(O)C2O)C(O)C(O)C1O. The Kier molecular flexibility index (Phi) is 41.3. The molecular formula is C57H108O15. The van der Waals surface area contributed by atoms with Gasteiger partial charge in [0.15, 0.2) is 18.7 Å². The highest BCUT2D eigenvalue weighted by Gasteiger charge is 2.47. The van der Waals surface area contributed by atoms with Crippen LogP contribution in [0.1, 0.15) is 258 Å². The van der Waals surface area contributed by atoms with Crippen LogP contribution in [0.25, 0.3) is 0 Å². The van der Waals surface area contributed by atoms with Crippen LogP contribution < -0.4 is 0 Å². The third kappa shape index (κ3) is 31.5. The molecule has 2 saturated heterocycles. The van der Waals surface area contributed by atoms with Crippen molar-refractivity contribution in [2.24, 2.45) is 0 Å². The number of hydrogen-bond acceptors (Lipinski definition) is 15. The van der Waals surface area contributed by atoms with Crippen molar-refractivity contribution in [2.45, 2.75) is 325 Å². The molecule has 0 bridgehead atoms. The highest BCUT2D eigenvalue weighted by molar-refractivity contribution is 5.70. The van der Waals surface area contributed by atoms with E-state index in [2.05, 4.69) is 13.8 Å². The van der Waals surface area contributed by atoms with Crippen LogP contribution >= 0.6 is 0 Å². The number of esters is 2. The molecule has 11 atom stereocenters. The van der Waals surface area contributed by atoms with Gasteiger partial charge in [0, 0.05) is 12.8 Å². The van der Waals surface area contributed by atoms with Gasteiger partial charge in [0.2, 0.25) is 0 Å². The summed E-state index contributed by atoms with van der Waals surface area (Å²) in [6.07, 6.45) is 28.5. The molecule has 2 rings (SSSR count). The number of aliphatic hydroxyl groups is 7. The summed E-state index contributed by atoms with van der Waals surface area (Å²) in [7, 11) is 0. The van der Waals surface area contributed by atoms with Gasteiger partial charge in [-0.25, -0.2) is 0 Å². The maximum atomic E-state index is 13.1. The Hall–Kier alpha value is -1.50. The maximum absolute atomic E-state index is 13.1. The quantitative estimate of drug-likeness (QED) is 0.0222. The molecule has 0 radical (unpaired) electrons. The van der Waals surface area contributed by atoms with E-state index < -0.39 is 92.7 Å². The van der Waals surface area contributed by atoms with Crippen LogP contribution in [-0.4, -0.2) is 142 Å². The van der Waals surface area contributed by atoms with E-state index in [4.69, 9.17) is 28.4 Å². The number of aliphatic hydroxyl groups excluding tert-OH is 7. The predicted molar refractivity (Wildman–Crippen MR) is 280 cm³/mol. The predicted octanol–water partition coefficient (Wildman–Crippen LogP) is 9.95. The van der Waals surface area contributed by atoms with E-state index in [1.165, 1.54) is 180 Å². The zero-order valence-electron chi connectivity index (χ0n) is 45.4. The lowest BCUT2D eigenvalue weighted by Crippen LogP contribution is -2.61. The van der Waals surface area contributed by atoms with Crippen LogP contribution in [0.4, 0.5) is 0 Å². The summed E-state index contributed by atoms with van der Waals surface area (Å²) in [6.45, 7) is 2.65. The first-order valence-electron chi connectivity index (χ1n) is 29.6. The monoisotopic (exact) mass is 1030 g/mol. The topological polar surface area (TPSA) is 231 Å². The van der Waals surface area contributed by atoms with E-state index in [1.54, 1.807) is 0 Å².